The van der Waals surface area contributed by atoms with Crippen LogP contribution in [0.1, 0.15) is 26.7 Å². The Morgan fingerprint density at radius 3 is 3.00 bits per heavy atom. The fourth-order valence-corrected chi connectivity index (χ4v) is 2.10. The van der Waals surface area contributed by atoms with Crippen LogP contribution >= 0.6 is 0 Å². The molecular formula is C12H24N2. The van der Waals surface area contributed by atoms with E-state index in [9.17, 15) is 0 Å². The van der Waals surface area contributed by atoms with Crippen LogP contribution in [0.3, 0.4) is 0 Å². The molecule has 0 spiro atoms. The lowest BCUT2D eigenvalue weighted by Crippen LogP contribution is -2.51. The minimum Gasteiger partial charge on any atom is -0.311 e. The summed E-state index contributed by atoms with van der Waals surface area (Å²) in [6.07, 6.45) is 4.43. The van der Waals surface area contributed by atoms with Crippen LogP contribution in [0.5, 0.6) is 0 Å². The number of hydrogen-bond acceptors (Lipinski definition) is 2. The zero-order chi connectivity index (χ0) is 10.4. The first kappa shape index (κ1) is 11.7. The molecule has 82 valence electrons. The molecule has 1 aliphatic heterocycles. The highest BCUT2D eigenvalue weighted by atomic mass is 15.2. The van der Waals surface area contributed by atoms with Gasteiger partial charge in [0.05, 0.1) is 0 Å². The predicted octanol–water partition coefficient (Wildman–Crippen LogP) is 1.88. The molecule has 0 aliphatic carbocycles. The molecule has 1 N–H and O–H groups in total. The van der Waals surface area contributed by atoms with Crippen molar-refractivity contribution in [3.63, 3.8) is 0 Å². The third-order valence-corrected chi connectivity index (χ3v) is 2.75. The van der Waals surface area contributed by atoms with Gasteiger partial charge in [0.2, 0.25) is 0 Å². The van der Waals surface area contributed by atoms with E-state index in [1.54, 1.807) is 0 Å². The second kappa shape index (κ2) is 6.20. The van der Waals surface area contributed by atoms with Crippen molar-refractivity contribution in [3.05, 3.63) is 12.7 Å². The molecule has 0 radical (unpaired) electrons. The molecule has 1 aliphatic rings. The van der Waals surface area contributed by atoms with Crippen LogP contribution in [0.15, 0.2) is 12.7 Å². The zero-order valence-corrected chi connectivity index (χ0v) is 9.63. The quantitative estimate of drug-likeness (QED) is 0.675. The molecule has 0 aromatic heterocycles. The Morgan fingerprint density at radius 1 is 1.57 bits per heavy atom. The van der Waals surface area contributed by atoms with Gasteiger partial charge in [0.25, 0.3) is 0 Å². The van der Waals surface area contributed by atoms with Crippen LogP contribution in [0.4, 0.5) is 0 Å². The molecule has 1 heterocycles. The molecule has 0 aromatic rings. The topological polar surface area (TPSA) is 15.3 Å². The molecule has 1 saturated heterocycles. The molecular weight excluding hydrogens is 172 g/mol. The van der Waals surface area contributed by atoms with Crippen molar-refractivity contribution in [1.82, 2.24) is 10.2 Å². The summed E-state index contributed by atoms with van der Waals surface area (Å²) >= 11 is 0. The van der Waals surface area contributed by atoms with E-state index in [1.807, 2.05) is 6.08 Å². The summed E-state index contributed by atoms with van der Waals surface area (Å²) < 4.78 is 0. The fraction of sp³-hybridized carbons (Fsp3) is 0.833. The van der Waals surface area contributed by atoms with Gasteiger partial charge in [-0.2, -0.15) is 0 Å². The van der Waals surface area contributed by atoms with Crippen molar-refractivity contribution in [2.45, 2.75) is 32.7 Å². The lowest BCUT2D eigenvalue weighted by molar-refractivity contribution is 0.189. The number of nitrogens with zero attached hydrogens (tertiary/aromatic N) is 1. The van der Waals surface area contributed by atoms with Gasteiger partial charge in [-0.3, -0.25) is 0 Å². The predicted molar refractivity (Wildman–Crippen MR) is 62.5 cm³/mol. The van der Waals surface area contributed by atoms with Crippen LogP contribution in [0, 0.1) is 5.92 Å². The van der Waals surface area contributed by atoms with E-state index in [0.717, 1.165) is 18.9 Å². The van der Waals surface area contributed by atoms with Crippen molar-refractivity contribution >= 4 is 0 Å². The normalized spacial score (nSPS) is 24.1. The van der Waals surface area contributed by atoms with E-state index >= 15 is 0 Å². The first-order valence-corrected chi connectivity index (χ1v) is 5.79. The maximum atomic E-state index is 3.77. The number of hydrogen-bond donors (Lipinski definition) is 1. The zero-order valence-electron chi connectivity index (χ0n) is 9.63. The Labute approximate surface area is 88.4 Å². The Hall–Kier alpha value is -0.340. The summed E-state index contributed by atoms with van der Waals surface area (Å²) in [7, 11) is 0. The van der Waals surface area contributed by atoms with E-state index in [1.165, 1.54) is 26.1 Å². The smallest absolute Gasteiger partial charge is 0.0198 e. The molecule has 0 saturated carbocycles. The van der Waals surface area contributed by atoms with Gasteiger partial charge in [-0.1, -0.05) is 19.9 Å². The SMILES string of the molecule is C=CCCN1CCNC(CC(C)C)C1. The standard InChI is InChI=1S/C12H24N2/c1-4-5-7-14-8-6-13-12(10-14)9-11(2)3/h4,11-13H,1,5-10H2,2-3H3. The third-order valence-electron chi connectivity index (χ3n) is 2.75. The van der Waals surface area contributed by atoms with E-state index in [4.69, 9.17) is 0 Å². The van der Waals surface area contributed by atoms with Gasteiger partial charge in [-0.25, -0.2) is 0 Å². The van der Waals surface area contributed by atoms with Crippen molar-refractivity contribution in [2.24, 2.45) is 5.92 Å². The van der Waals surface area contributed by atoms with Gasteiger partial charge in [-0.15, -0.1) is 6.58 Å². The van der Waals surface area contributed by atoms with Crippen molar-refractivity contribution in [3.8, 4) is 0 Å². The molecule has 1 fully saturated rings. The lowest BCUT2D eigenvalue weighted by atomic mass is 10.0. The Balaban J connectivity index is 2.24. The summed E-state index contributed by atoms with van der Waals surface area (Å²) in [5.41, 5.74) is 0. The van der Waals surface area contributed by atoms with Gasteiger partial charge in [-0.05, 0) is 18.8 Å². The molecule has 0 aromatic carbocycles. The summed E-state index contributed by atoms with van der Waals surface area (Å²) in [5, 5.41) is 3.59. The maximum absolute atomic E-state index is 3.77. The fourth-order valence-electron chi connectivity index (χ4n) is 2.10. The average molecular weight is 196 g/mol. The number of nitrogens with one attached hydrogen (secondary N) is 1. The largest absolute Gasteiger partial charge is 0.311 e. The molecule has 1 rings (SSSR count). The van der Waals surface area contributed by atoms with Gasteiger partial charge >= 0.3 is 0 Å². The van der Waals surface area contributed by atoms with E-state index in [0.29, 0.717) is 6.04 Å². The van der Waals surface area contributed by atoms with Crippen LogP contribution in [0.25, 0.3) is 0 Å². The average Bonchev–Trinajstić information content (AvgIpc) is 2.14. The van der Waals surface area contributed by atoms with Gasteiger partial charge in [0, 0.05) is 32.2 Å². The Morgan fingerprint density at radius 2 is 2.36 bits per heavy atom. The van der Waals surface area contributed by atoms with E-state index < -0.39 is 0 Å². The minimum atomic E-state index is 0.702. The molecule has 0 bridgehead atoms. The second-order valence-corrected chi connectivity index (χ2v) is 4.66. The van der Waals surface area contributed by atoms with Crippen molar-refractivity contribution < 1.29 is 0 Å². The van der Waals surface area contributed by atoms with Crippen LogP contribution in [-0.4, -0.2) is 37.1 Å². The maximum Gasteiger partial charge on any atom is 0.0198 e. The Bertz CT molecular complexity index is 166. The third kappa shape index (κ3) is 4.25. The second-order valence-electron chi connectivity index (χ2n) is 4.66. The highest BCUT2D eigenvalue weighted by Crippen LogP contribution is 2.09. The highest BCUT2D eigenvalue weighted by Gasteiger charge is 2.18. The number of rotatable bonds is 5. The molecule has 14 heavy (non-hydrogen) atoms. The summed E-state index contributed by atoms with van der Waals surface area (Å²) in [4.78, 5) is 2.55. The molecule has 0 amide bonds. The van der Waals surface area contributed by atoms with Crippen LogP contribution in [0.2, 0.25) is 0 Å². The molecule has 1 unspecified atom stereocenters. The van der Waals surface area contributed by atoms with Crippen molar-refractivity contribution in [2.75, 3.05) is 26.2 Å². The summed E-state index contributed by atoms with van der Waals surface area (Å²) in [6, 6.07) is 0.702. The lowest BCUT2D eigenvalue weighted by Gasteiger charge is -2.34. The van der Waals surface area contributed by atoms with Crippen molar-refractivity contribution in [1.29, 1.82) is 0 Å². The monoisotopic (exact) mass is 196 g/mol. The highest BCUT2D eigenvalue weighted by molar-refractivity contribution is 4.80. The summed E-state index contributed by atoms with van der Waals surface area (Å²) in [6.45, 7) is 13.1. The molecule has 2 nitrogen and oxygen atoms in total. The van der Waals surface area contributed by atoms with Gasteiger partial charge in [0.1, 0.15) is 0 Å². The van der Waals surface area contributed by atoms with E-state index in [2.05, 4.69) is 30.6 Å². The van der Waals surface area contributed by atoms with Gasteiger partial charge < -0.3 is 10.2 Å². The first-order valence-electron chi connectivity index (χ1n) is 5.79. The number of piperazine rings is 1. The van der Waals surface area contributed by atoms with E-state index in [-0.39, 0.29) is 0 Å². The van der Waals surface area contributed by atoms with Crippen LogP contribution in [-0.2, 0) is 0 Å². The molecule has 1 atom stereocenters. The minimum absolute atomic E-state index is 0.702. The summed E-state index contributed by atoms with van der Waals surface area (Å²) in [5.74, 6) is 0.798. The van der Waals surface area contributed by atoms with Gasteiger partial charge in [0.15, 0.2) is 0 Å². The van der Waals surface area contributed by atoms with Crippen LogP contribution < -0.4 is 5.32 Å². The first-order chi connectivity index (χ1) is 6.72. The Kier molecular flexibility index (Phi) is 5.20. The molecule has 2 heteroatoms.